The van der Waals surface area contributed by atoms with Crippen molar-refractivity contribution in [3.63, 3.8) is 0 Å². The summed E-state index contributed by atoms with van der Waals surface area (Å²) in [4.78, 5) is 4.30. The lowest BCUT2D eigenvalue weighted by atomic mass is 10.2. The molecule has 0 aliphatic rings. The van der Waals surface area contributed by atoms with Crippen LogP contribution < -0.4 is 10.5 Å². The lowest BCUT2D eigenvalue weighted by Gasteiger charge is -2.16. The first-order valence-corrected chi connectivity index (χ1v) is 8.40. The molecule has 5 heteroatoms. The van der Waals surface area contributed by atoms with Crippen molar-refractivity contribution in [2.75, 3.05) is 33.1 Å². The maximum atomic E-state index is 12.2. The molecule has 0 unspecified atom stereocenters. The number of halogens is 1. The van der Waals surface area contributed by atoms with Crippen molar-refractivity contribution in [3.8, 4) is 5.75 Å². The second-order valence-electron chi connectivity index (χ2n) is 5.54. The summed E-state index contributed by atoms with van der Waals surface area (Å²) in [7, 11) is 4.06. The molecule has 2 aromatic rings. The lowest BCUT2D eigenvalue weighted by Crippen LogP contribution is -2.11. The molecular formula is C18H23FN2OS. The molecule has 0 heterocycles. The summed E-state index contributed by atoms with van der Waals surface area (Å²) >= 11 is 1.65. The van der Waals surface area contributed by atoms with E-state index in [0.717, 1.165) is 27.8 Å². The highest BCUT2D eigenvalue weighted by molar-refractivity contribution is 7.99. The summed E-state index contributed by atoms with van der Waals surface area (Å²) in [5.41, 5.74) is 7.98. The van der Waals surface area contributed by atoms with E-state index < -0.39 is 0 Å². The van der Waals surface area contributed by atoms with Gasteiger partial charge >= 0.3 is 0 Å². The summed E-state index contributed by atoms with van der Waals surface area (Å²) < 4.78 is 17.8. The molecule has 0 saturated heterocycles. The Morgan fingerprint density at radius 2 is 1.91 bits per heavy atom. The summed E-state index contributed by atoms with van der Waals surface area (Å²) in [6, 6.07) is 13.8. The topological polar surface area (TPSA) is 38.5 Å². The fourth-order valence-electron chi connectivity index (χ4n) is 2.15. The van der Waals surface area contributed by atoms with E-state index in [2.05, 4.69) is 4.90 Å². The Labute approximate surface area is 141 Å². The van der Waals surface area contributed by atoms with Gasteiger partial charge in [-0.05, 0) is 50.0 Å². The number of ether oxygens (including phenoxy) is 1. The van der Waals surface area contributed by atoms with Crippen LogP contribution >= 0.6 is 11.8 Å². The van der Waals surface area contributed by atoms with Crippen molar-refractivity contribution in [3.05, 3.63) is 48.0 Å². The molecule has 3 nitrogen and oxygen atoms in total. The summed E-state index contributed by atoms with van der Waals surface area (Å²) in [6.07, 6.45) is 0.417. The van der Waals surface area contributed by atoms with Gasteiger partial charge in [0.1, 0.15) is 5.75 Å². The number of hydrogen-bond donors (Lipinski definition) is 1. The molecule has 23 heavy (non-hydrogen) atoms. The number of nitrogen functional groups attached to an aromatic ring is 1. The van der Waals surface area contributed by atoms with Crippen LogP contribution in [0.1, 0.15) is 12.0 Å². The number of alkyl halides is 1. The molecule has 0 aromatic heterocycles. The van der Waals surface area contributed by atoms with Crippen LogP contribution in [0.4, 0.5) is 10.1 Å². The highest BCUT2D eigenvalue weighted by Gasteiger charge is 2.09. The van der Waals surface area contributed by atoms with E-state index in [1.54, 1.807) is 11.8 Å². The molecule has 0 aliphatic heterocycles. The van der Waals surface area contributed by atoms with Gasteiger partial charge in [-0.1, -0.05) is 23.9 Å². The number of anilines is 1. The molecule has 0 aliphatic carbocycles. The quantitative estimate of drug-likeness (QED) is 0.580. The van der Waals surface area contributed by atoms with Crippen molar-refractivity contribution in [2.45, 2.75) is 22.8 Å². The van der Waals surface area contributed by atoms with E-state index in [1.165, 1.54) is 5.56 Å². The van der Waals surface area contributed by atoms with Gasteiger partial charge in [0.2, 0.25) is 0 Å². The maximum absolute atomic E-state index is 12.2. The number of nitrogens with two attached hydrogens (primary N) is 1. The number of hydrogen-bond acceptors (Lipinski definition) is 4. The molecule has 0 radical (unpaired) electrons. The average Bonchev–Trinajstić information content (AvgIpc) is 2.51. The minimum atomic E-state index is -0.355. The first-order valence-electron chi connectivity index (χ1n) is 7.59. The second kappa shape index (κ2) is 8.79. The number of rotatable bonds is 8. The van der Waals surface area contributed by atoms with Gasteiger partial charge in [-0.2, -0.15) is 0 Å². The summed E-state index contributed by atoms with van der Waals surface area (Å²) in [5, 5.41) is 0. The number of nitrogens with zero attached hydrogens (tertiary/aromatic N) is 1. The van der Waals surface area contributed by atoms with Crippen molar-refractivity contribution < 1.29 is 9.13 Å². The van der Waals surface area contributed by atoms with Gasteiger partial charge in [0.15, 0.2) is 0 Å². The van der Waals surface area contributed by atoms with E-state index in [4.69, 9.17) is 10.5 Å². The smallest absolute Gasteiger partial charge is 0.119 e. The molecule has 2 rings (SSSR count). The van der Waals surface area contributed by atoms with Gasteiger partial charge in [0, 0.05) is 28.4 Å². The zero-order valence-electron chi connectivity index (χ0n) is 13.6. The summed E-state index contributed by atoms with van der Waals surface area (Å²) in [6.45, 7) is 0.844. The molecule has 2 aromatic carbocycles. The van der Waals surface area contributed by atoms with E-state index >= 15 is 0 Å². The average molecular weight is 333 g/mol. The largest absolute Gasteiger partial charge is 0.493 e. The van der Waals surface area contributed by atoms with Crippen molar-refractivity contribution in [1.82, 2.24) is 4.90 Å². The molecule has 124 valence electrons. The van der Waals surface area contributed by atoms with Crippen LogP contribution in [0.2, 0.25) is 0 Å². The van der Waals surface area contributed by atoms with E-state index in [9.17, 15) is 4.39 Å². The zero-order chi connectivity index (χ0) is 16.7. The van der Waals surface area contributed by atoms with Gasteiger partial charge in [0.25, 0.3) is 0 Å². The van der Waals surface area contributed by atoms with Gasteiger partial charge in [-0.25, -0.2) is 0 Å². The third kappa shape index (κ3) is 5.44. The fraction of sp³-hybridized carbons (Fsp3) is 0.333. The maximum Gasteiger partial charge on any atom is 0.119 e. The number of benzene rings is 2. The molecule has 0 atom stereocenters. The fourth-order valence-corrected chi connectivity index (χ4v) is 3.11. The molecule has 0 amide bonds. The van der Waals surface area contributed by atoms with Crippen molar-refractivity contribution in [2.24, 2.45) is 0 Å². The predicted octanol–water partition coefficient (Wildman–Crippen LogP) is 4.22. The highest BCUT2D eigenvalue weighted by Crippen LogP contribution is 2.35. The SMILES string of the molecule is CN(C)Cc1cc(OCCC[18F])ccc1Sc1ccccc1N. The summed E-state index contributed by atoms with van der Waals surface area (Å²) in [5.74, 6) is 0.778. The monoisotopic (exact) mass is 333 g/mol. The Balaban J connectivity index is 2.21. The minimum absolute atomic E-state index is 0.355. The van der Waals surface area contributed by atoms with Crippen LogP contribution in [-0.2, 0) is 6.54 Å². The van der Waals surface area contributed by atoms with Gasteiger partial charge in [0.05, 0.1) is 13.3 Å². The van der Waals surface area contributed by atoms with E-state index in [-0.39, 0.29) is 6.67 Å². The Morgan fingerprint density at radius 3 is 2.61 bits per heavy atom. The Morgan fingerprint density at radius 1 is 1.13 bits per heavy atom. The molecule has 2 N–H and O–H groups in total. The third-order valence-electron chi connectivity index (χ3n) is 3.20. The molecule has 0 bridgehead atoms. The molecular weight excluding hydrogens is 310 g/mol. The van der Waals surface area contributed by atoms with Crippen molar-refractivity contribution >= 4 is 17.4 Å². The van der Waals surface area contributed by atoms with Crippen LogP contribution in [0.3, 0.4) is 0 Å². The van der Waals surface area contributed by atoms with E-state index in [1.807, 2.05) is 56.6 Å². The normalized spacial score (nSPS) is 11.0. The minimum Gasteiger partial charge on any atom is -0.493 e. The van der Waals surface area contributed by atoms with Crippen LogP contribution in [-0.4, -0.2) is 32.3 Å². The zero-order valence-corrected chi connectivity index (χ0v) is 14.4. The lowest BCUT2D eigenvalue weighted by molar-refractivity contribution is 0.288. The van der Waals surface area contributed by atoms with Crippen LogP contribution in [0.5, 0.6) is 5.75 Å². The van der Waals surface area contributed by atoms with Gasteiger partial charge < -0.3 is 15.4 Å². The molecule has 0 fully saturated rings. The van der Waals surface area contributed by atoms with Crippen LogP contribution in [0.25, 0.3) is 0 Å². The van der Waals surface area contributed by atoms with Gasteiger partial charge in [-0.3, -0.25) is 4.39 Å². The Bertz CT molecular complexity index is 634. The highest BCUT2D eigenvalue weighted by atomic mass is 32.2. The first-order chi connectivity index (χ1) is 11.1. The van der Waals surface area contributed by atoms with Crippen molar-refractivity contribution in [1.29, 1.82) is 0 Å². The molecule has 0 spiro atoms. The first kappa shape index (κ1) is 17.6. The second-order valence-corrected chi connectivity index (χ2v) is 6.62. The molecule has 0 saturated carbocycles. The standard InChI is InChI=1S/C18H23FN2OS/c1-21(2)13-14-12-15(22-11-5-10-19)8-9-17(14)23-18-7-4-3-6-16(18)20/h3-4,6-9,12H,5,10-11,13,20H2,1-2H3/i19-1. The van der Waals surface area contributed by atoms with Crippen LogP contribution in [0, 0.1) is 0 Å². The Hall–Kier alpha value is -1.72. The van der Waals surface area contributed by atoms with Gasteiger partial charge in [-0.15, -0.1) is 0 Å². The van der Waals surface area contributed by atoms with Crippen LogP contribution in [0.15, 0.2) is 52.3 Å². The Kier molecular flexibility index (Phi) is 6.74. The predicted molar refractivity (Wildman–Crippen MR) is 94.9 cm³/mol. The number of para-hydroxylation sites is 1. The third-order valence-corrected chi connectivity index (χ3v) is 4.41. The van der Waals surface area contributed by atoms with E-state index in [0.29, 0.717) is 13.0 Å².